The zero-order valence-electron chi connectivity index (χ0n) is 10.0. The van der Waals surface area contributed by atoms with Crippen LogP contribution in [0.4, 0.5) is 15.8 Å². The number of hydrogen-bond donors (Lipinski definition) is 2. The van der Waals surface area contributed by atoms with Crippen molar-refractivity contribution in [3.63, 3.8) is 0 Å². The minimum absolute atomic E-state index is 0.206. The number of halogens is 2. The van der Waals surface area contributed by atoms with Gasteiger partial charge in [-0.05, 0) is 53.3 Å². The second-order valence-electron chi connectivity index (χ2n) is 4.96. The van der Waals surface area contributed by atoms with Crippen LogP contribution in [0.2, 0.25) is 0 Å². The molecule has 1 aliphatic carbocycles. The summed E-state index contributed by atoms with van der Waals surface area (Å²) in [6.45, 7) is 3.12. The van der Waals surface area contributed by atoms with Crippen molar-refractivity contribution in [2.75, 3.05) is 17.6 Å². The highest BCUT2D eigenvalue weighted by Crippen LogP contribution is 2.49. The molecule has 0 unspecified atom stereocenters. The second-order valence-corrected chi connectivity index (χ2v) is 6.12. The molecule has 2 rings (SSSR count). The molecule has 0 amide bonds. The summed E-state index contributed by atoms with van der Waals surface area (Å²) in [7, 11) is 0. The van der Waals surface area contributed by atoms with Crippen molar-refractivity contribution in [1.29, 1.82) is 0 Å². The molecule has 0 saturated heterocycles. The van der Waals surface area contributed by atoms with E-state index in [0.29, 0.717) is 14.7 Å². The quantitative estimate of drug-likeness (QED) is 0.623. The smallest absolute Gasteiger partial charge is 0.138 e. The van der Waals surface area contributed by atoms with Gasteiger partial charge in [-0.15, -0.1) is 0 Å². The lowest BCUT2D eigenvalue weighted by Crippen LogP contribution is -2.16. The number of rotatable bonds is 5. The Bertz CT molecular complexity index is 416. The summed E-state index contributed by atoms with van der Waals surface area (Å²) >= 11 is 1.95. The zero-order chi connectivity index (χ0) is 12.5. The van der Waals surface area contributed by atoms with Crippen molar-refractivity contribution in [2.45, 2.75) is 32.6 Å². The average Bonchev–Trinajstić information content (AvgIpc) is 3.03. The number of nitrogens with one attached hydrogen (secondary N) is 1. The first-order valence-corrected chi connectivity index (χ1v) is 7.12. The number of benzene rings is 1. The van der Waals surface area contributed by atoms with Crippen LogP contribution < -0.4 is 11.1 Å². The van der Waals surface area contributed by atoms with E-state index in [1.165, 1.54) is 31.7 Å². The molecule has 94 valence electrons. The van der Waals surface area contributed by atoms with Gasteiger partial charge in [-0.1, -0.05) is 13.3 Å². The molecular weight excluding hydrogens is 330 g/mol. The number of hydrogen-bond acceptors (Lipinski definition) is 2. The Hall–Kier alpha value is -0.520. The molecule has 0 heterocycles. The maximum Gasteiger partial charge on any atom is 0.138 e. The van der Waals surface area contributed by atoms with Gasteiger partial charge in [0.25, 0.3) is 0 Å². The van der Waals surface area contributed by atoms with Crippen molar-refractivity contribution in [1.82, 2.24) is 0 Å². The second kappa shape index (κ2) is 5.00. The van der Waals surface area contributed by atoms with Gasteiger partial charge in [0.05, 0.1) is 14.9 Å². The fourth-order valence-electron chi connectivity index (χ4n) is 2.22. The van der Waals surface area contributed by atoms with Gasteiger partial charge in [-0.25, -0.2) is 4.39 Å². The highest BCUT2D eigenvalue weighted by molar-refractivity contribution is 14.1. The van der Waals surface area contributed by atoms with Gasteiger partial charge < -0.3 is 11.1 Å². The topological polar surface area (TPSA) is 38.0 Å². The Morgan fingerprint density at radius 3 is 2.76 bits per heavy atom. The van der Waals surface area contributed by atoms with Crippen LogP contribution in [0.15, 0.2) is 12.1 Å². The fraction of sp³-hybridized carbons (Fsp3) is 0.538. The summed E-state index contributed by atoms with van der Waals surface area (Å²) in [5.74, 6) is -0.206. The molecule has 1 aromatic rings. The van der Waals surface area contributed by atoms with Crippen LogP contribution in [0.5, 0.6) is 0 Å². The third kappa shape index (κ3) is 3.03. The molecule has 0 radical (unpaired) electrons. The Labute approximate surface area is 115 Å². The van der Waals surface area contributed by atoms with E-state index in [1.54, 1.807) is 6.07 Å². The van der Waals surface area contributed by atoms with E-state index in [0.717, 1.165) is 12.2 Å². The van der Waals surface area contributed by atoms with Crippen molar-refractivity contribution >= 4 is 34.0 Å². The molecule has 0 aliphatic heterocycles. The van der Waals surface area contributed by atoms with Gasteiger partial charge >= 0.3 is 0 Å². The van der Waals surface area contributed by atoms with Gasteiger partial charge in [0.1, 0.15) is 5.82 Å². The normalized spacial score (nSPS) is 16.9. The SMILES string of the molecule is CCCC1(CNc2cc(F)c(I)cc2N)CC1. The molecule has 3 N–H and O–H groups in total. The summed E-state index contributed by atoms with van der Waals surface area (Å²) in [6, 6.07) is 3.18. The van der Waals surface area contributed by atoms with E-state index in [4.69, 9.17) is 5.73 Å². The summed E-state index contributed by atoms with van der Waals surface area (Å²) in [6.07, 6.45) is 5.01. The standard InChI is InChI=1S/C13H18FIN2/c1-2-3-13(4-5-13)8-17-12-6-9(14)10(15)7-11(12)16/h6-7,17H,2-5,8,16H2,1H3. The van der Waals surface area contributed by atoms with E-state index >= 15 is 0 Å². The minimum atomic E-state index is -0.206. The fourth-order valence-corrected chi connectivity index (χ4v) is 2.71. The molecular formula is C13H18FIN2. The predicted molar refractivity (Wildman–Crippen MR) is 78.6 cm³/mol. The molecule has 0 aromatic heterocycles. The molecule has 1 aliphatic rings. The third-order valence-corrected chi connectivity index (χ3v) is 4.31. The van der Waals surface area contributed by atoms with E-state index in [-0.39, 0.29) is 5.82 Å². The highest BCUT2D eigenvalue weighted by atomic mass is 127. The van der Waals surface area contributed by atoms with E-state index in [2.05, 4.69) is 12.2 Å². The number of nitrogens with two attached hydrogens (primary N) is 1. The molecule has 0 atom stereocenters. The van der Waals surface area contributed by atoms with Crippen molar-refractivity contribution in [3.05, 3.63) is 21.5 Å². The van der Waals surface area contributed by atoms with Crippen molar-refractivity contribution in [3.8, 4) is 0 Å². The Morgan fingerprint density at radius 2 is 2.18 bits per heavy atom. The van der Waals surface area contributed by atoms with E-state index < -0.39 is 0 Å². The molecule has 0 bridgehead atoms. The van der Waals surface area contributed by atoms with Crippen LogP contribution >= 0.6 is 22.6 Å². The van der Waals surface area contributed by atoms with Crippen LogP contribution in [0.3, 0.4) is 0 Å². The van der Waals surface area contributed by atoms with Crippen LogP contribution in [0.25, 0.3) is 0 Å². The summed E-state index contributed by atoms with van der Waals surface area (Å²) in [4.78, 5) is 0. The molecule has 1 fully saturated rings. The summed E-state index contributed by atoms with van der Waals surface area (Å²) in [5, 5.41) is 3.30. The van der Waals surface area contributed by atoms with Crippen molar-refractivity contribution in [2.24, 2.45) is 5.41 Å². The monoisotopic (exact) mass is 348 g/mol. The number of nitrogen functional groups attached to an aromatic ring is 1. The van der Waals surface area contributed by atoms with Crippen LogP contribution in [0.1, 0.15) is 32.6 Å². The predicted octanol–water partition coefficient (Wildman–Crippen LogP) is 4.00. The Morgan fingerprint density at radius 1 is 1.47 bits per heavy atom. The van der Waals surface area contributed by atoms with Gasteiger partial charge in [0.2, 0.25) is 0 Å². The molecule has 2 nitrogen and oxygen atoms in total. The highest BCUT2D eigenvalue weighted by Gasteiger charge is 2.41. The van der Waals surface area contributed by atoms with Crippen LogP contribution in [0, 0.1) is 14.8 Å². The summed E-state index contributed by atoms with van der Waals surface area (Å²) in [5.41, 5.74) is 7.68. The van der Waals surface area contributed by atoms with E-state index in [9.17, 15) is 4.39 Å². The lowest BCUT2D eigenvalue weighted by atomic mass is 10.0. The lowest BCUT2D eigenvalue weighted by Gasteiger charge is -2.17. The van der Waals surface area contributed by atoms with Crippen molar-refractivity contribution < 1.29 is 4.39 Å². The average molecular weight is 348 g/mol. The van der Waals surface area contributed by atoms with Crippen LogP contribution in [-0.4, -0.2) is 6.54 Å². The maximum absolute atomic E-state index is 13.4. The molecule has 1 saturated carbocycles. The molecule has 1 aromatic carbocycles. The Balaban J connectivity index is 2.02. The van der Waals surface area contributed by atoms with Gasteiger partial charge in [0, 0.05) is 12.6 Å². The molecule has 17 heavy (non-hydrogen) atoms. The van der Waals surface area contributed by atoms with E-state index in [1.807, 2.05) is 22.6 Å². The molecule has 0 spiro atoms. The van der Waals surface area contributed by atoms with Gasteiger partial charge in [-0.2, -0.15) is 0 Å². The first kappa shape index (κ1) is 12.9. The van der Waals surface area contributed by atoms with Gasteiger partial charge in [-0.3, -0.25) is 0 Å². The first-order valence-electron chi connectivity index (χ1n) is 6.05. The Kier molecular flexibility index (Phi) is 3.80. The zero-order valence-corrected chi connectivity index (χ0v) is 12.2. The molecule has 4 heteroatoms. The maximum atomic E-state index is 13.4. The largest absolute Gasteiger partial charge is 0.397 e. The first-order chi connectivity index (χ1) is 8.06. The number of anilines is 2. The minimum Gasteiger partial charge on any atom is -0.397 e. The third-order valence-electron chi connectivity index (χ3n) is 3.48. The van der Waals surface area contributed by atoms with Gasteiger partial charge in [0.15, 0.2) is 0 Å². The lowest BCUT2D eigenvalue weighted by molar-refractivity contribution is 0.485. The summed E-state index contributed by atoms with van der Waals surface area (Å²) < 4.78 is 14.0. The van der Waals surface area contributed by atoms with Crippen LogP contribution in [-0.2, 0) is 0 Å².